The van der Waals surface area contributed by atoms with Crippen molar-refractivity contribution < 1.29 is 14.3 Å². The number of thioether (sulfide) groups is 1. The summed E-state index contributed by atoms with van der Waals surface area (Å²) in [4.78, 5) is 25.0. The highest BCUT2D eigenvalue weighted by Crippen LogP contribution is 2.32. The predicted molar refractivity (Wildman–Crippen MR) is 112 cm³/mol. The molecular weight excluding hydrogens is 427 g/mol. The van der Waals surface area contributed by atoms with Crippen molar-refractivity contribution in [2.75, 3.05) is 6.61 Å². The molecule has 9 heteroatoms. The third kappa shape index (κ3) is 5.01. The summed E-state index contributed by atoms with van der Waals surface area (Å²) in [6.07, 6.45) is 1.64. The van der Waals surface area contributed by atoms with Crippen molar-refractivity contribution in [1.82, 2.24) is 10.4 Å². The van der Waals surface area contributed by atoms with E-state index in [1.165, 1.54) is 0 Å². The second-order valence-electron chi connectivity index (χ2n) is 5.32. The summed E-state index contributed by atoms with van der Waals surface area (Å²) in [5, 5.41) is 2.11. The van der Waals surface area contributed by atoms with Gasteiger partial charge in [-0.2, -0.15) is 5.01 Å². The van der Waals surface area contributed by atoms with E-state index in [0.717, 1.165) is 16.8 Å². The van der Waals surface area contributed by atoms with Crippen LogP contribution in [-0.4, -0.2) is 27.8 Å². The lowest BCUT2D eigenvalue weighted by molar-refractivity contribution is -0.134. The van der Waals surface area contributed by atoms with E-state index >= 15 is 0 Å². The van der Waals surface area contributed by atoms with Gasteiger partial charge in [-0.05, 0) is 54.2 Å². The molecule has 0 atom stereocenters. The number of rotatable bonds is 5. The fourth-order valence-electron chi connectivity index (χ4n) is 2.13. The first-order chi connectivity index (χ1) is 12.9. The number of thiocarbonyl (C=S) groups is 1. The Balaban J connectivity index is 1.62. The monoisotopic (exact) mass is 438 g/mol. The van der Waals surface area contributed by atoms with Gasteiger partial charge in [0.1, 0.15) is 5.75 Å². The Labute approximate surface area is 175 Å². The van der Waals surface area contributed by atoms with E-state index in [2.05, 4.69) is 5.43 Å². The second kappa shape index (κ2) is 8.75. The van der Waals surface area contributed by atoms with Gasteiger partial charge in [-0.1, -0.05) is 53.2 Å². The van der Waals surface area contributed by atoms with Crippen molar-refractivity contribution in [1.29, 1.82) is 0 Å². The Kier molecular flexibility index (Phi) is 6.38. The van der Waals surface area contributed by atoms with E-state index in [1.807, 2.05) is 6.07 Å². The highest BCUT2D eigenvalue weighted by molar-refractivity contribution is 8.26. The average Bonchev–Trinajstić information content (AvgIpc) is 2.90. The van der Waals surface area contributed by atoms with Gasteiger partial charge in [0.2, 0.25) is 0 Å². The van der Waals surface area contributed by atoms with E-state index in [9.17, 15) is 9.59 Å². The molecule has 2 amide bonds. The van der Waals surface area contributed by atoms with Crippen molar-refractivity contribution >= 4 is 69.4 Å². The van der Waals surface area contributed by atoms with Gasteiger partial charge in [-0.15, -0.1) is 0 Å². The summed E-state index contributed by atoms with van der Waals surface area (Å²) >= 11 is 18.2. The zero-order valence-electron chi connectivity index (χ0n) is 13.6. The van der Waals surface area contributed by atoms with Gasteiger partial charge in [-0.3, -0.25) is 15.0 Å². The molecule has 0 saturated carbocycles. The fraction of sp³-hybridized carbons (Fsp3) is 0.0556. The number of halogens is 2. The molecule has 0 aliphatic carbocycles. The first-order valence-electron chi connectivity index (χ1n) is 7.64. The van der Waals surface area contributed by atoms with Gasteiger partial charge < -0.3 is 4.74 Å². The summed E-state index contributed by atoms with van der Waals surface area (Å²) in [6.45, 7) is -0.276. The summed E-state index contributed by atoms with van der Waals surface area (Å²) in [6, 6.07) is 13.7. The van der Waals surface area contributed by atoms with Crippen molar-refractivity contribution in [3.63, 3.8) is 0 Å². The van der Waals surface area contributed by atoms with Crippen LogP contribution >= 0.6 is 47.2 Å². The minimum absolute atomic E-state index is 0.221. The lowest BCUT2D eigenvalue weighted by atomic mass is 10.2. The molecule has 2 aromatic rings. The maximum Gasteiger partial charge on any atom is 0.285 e. The van der Waals surface area contributed by atoms with E-state index in [4.69, 9.17) is 40.2 Å². The fourth-order valence-corrected chi connectivity index (χ4v) is 3.62. The minimum atomic E-state index is -0.514. The average molecular weight is 439 g/mol. The van der Waals surface area contributed by atoms with Crippen LogP contribution < -0.4 is 10.2 Å². The molecule has 27 heavy (non-hydrogen) atoms. The number of carbonyl (C=O) groups is 2. The molecule has 0 spiro atoms. The number of hydrogen-bond donors (Lipinski definition) is 1. The van der Waals surface area contributed by atoms with Crippen molar-refractivity contribution in [3.05, 3.63) is 69.0 Å². The Hall–Kier alpha value is -2.06. The molecule has 0 bridgehead atoms. The van der Waals surface area contributed by atoms with Crippen LogP contribution in [-0.2, 0) is 9.59 Å². The maximum absolute atomic E-state index is 12.5. The molecule has 1 aliphatic heterocycles. The smallest absolute Gasteiger partial charge is 0.285 e. The molecule has 5 nitrogen and oxygen atoms in total. The highest BCUT2D eigenvalue weighted by Gasteiger charge is 2.33. The number of amides is 2. The molecule has 2 aromatic carbocycles. The lowest BCUT2D eigenvalue weighted by Gasteiger charge is -2.15. The molecular formula is C18H12Cl2N2O3S2. The van der Waals surface area contributed by atoms with Gasteiger partial charge in [0.05, 0.1) is 4.91 Å². The van der Waals surface area contributed by atoms with Crippen molar-refractivity contribution in [2.24, 2.45) is 0 Å². The molecule has 0 unspecified atom stereocenters. The number of nitrogens with zero attached hydrogens (tertiary/aromatic N) is 1. The van der Waals surface area contributed by atoms with Crippen LogP contribution in [0.3, 0.4) is 0 Å². The number of hydrogen-bond acceptors (Lipinski definition) is 5. The number of carbonyl (C=O) groups excluding carboxylic acids is 2. The van der Waals surface area contributed by atoms with Gasteiger partial charge >= 0.3 is 0 Å². The van der Waals surface area contributed by atoms with Crippen LogP contribution in [0.25, 0.3) is 6.08 Å². The van der Waals surface area contributed by atoms with E-state index in [-0.39, 0.29) is 10.9 Å². The molecule has 3 rings (SSSR count). The third-order valence-corrected chi connectivity index (χ3v) is 5.30. The van der Waals surface area contributed by atoms with E-state index in [0.29, 0.717) is 26.3 Å². The van der Waals surface area contributed by atoms with Crippen LogP contribution in [0.4, 0.5) is 0 Å². The largest absolute Gasteiger partial charge is 0.484 e. The Morgan fingerprint density at radius 2 is 1.89 bits per heavy atom. The summed E-state index contributed by atoms with van der Waals surface area (Å²) in [5.74, 6) is -0.455. The zero-order chi connectivity index (χ0) is 19.4. The number of hydrazine groups is 1. The Morgan fingerprint density at radius 1 is 1.19 bits per heavy atom. The second-order valence-corrected chi connectivity index (χ2v) is 7.84. The maximum atomic E-state index is 12.5. The van der Waals surface area contributed by atoms with E-state index < -0.39 is 11.8 Å². The zero-order valence-corrected chi connectivity index (χ0v) is 16.8. The van der Waals surface area contributed by atoms with Gasteiger partial charge in [0, 0.05) is 10.0 Å². The number of ether oxygens (including phenoxy) is 1. The molecule has 1 fully saturated rings. The summed E-state index contributed by atoms with van der Waals surface area (Å²) in [5.41, 5.74) is 3.14. The molecule has 138 valence electrons. The SMILES string of the molecule is O=C(COc1ccc(Cl)cc1)NN1C(=O)/C(=C\c2ccccc2Cl)SC1=S. The summed E-state index contributed by atoms with van der Waals surface area (Å²) in [7, 11) is 0. The Morgan fingerprint density at radius 3 is 2.59 bits per heavy atom. The molecule has 1 N–H and O–H groups in total. The lowest BCUT2D eigenvalue weighted by Crippen LogP contribution is -2.46. The molecule has 1 saturated heterocycles. The predicted octanol–water partition coefficient (Wildman–Crippen LogP) is 4.30. The Bertz CT molecular complexity index is 932. The van der Waals surface area contributed by atoms with Crippen LogP contribution in [0.1, 0.15) is 5.56 Å². The molecule has 0 radical (unpaired) electrons. The first-order valence-corrected chi connectivity index (χ1v) is 9.62. The van der Waals surface area contributed by atoms with Crippen LogP contribution in [0.5, 0.6) is 5.75 Å². The molecule has 0 aromatic heterocycles. The van der Waals surface area contributed by atoms with Crippen molar-refractivity contribution in [3.8, 4) is 5.75 Å². The molecule has 1 heterocycles. The third-order valence-electron chi connectivity index (χ3n) is 3.41. The minimum Gasteiger partial charge on any atom is -0.484 e. The normalized spacial score (nSPS) is 15.3. The quantitative estimate of drug-likeness (QED) is 0.556. The highest BCUT2D eigenvalue weighted by atomic mass is 35.5. The number of nitrogens with one attached hydrogen (secondary N) is 1. The van der Waals surface area contributed by atoms with Crippen molar-refractivity contribution in [2.45, 2.75) is 0 Å². The first kappa shape index (κ1) is 19.7. The summed E-state index contributed by atoms with van der Waals surface area (Å²) < 4.78 is 5.57. The van der Waals surface area contributed by atoms with Gasteiger partial charge in [0.15, 0.2) is 10.9 Å². The standard InChI is InChI=1S/C18H12Cl2N2O3S2/c19-12-5-7-13(8-6-12)25-10-16(23)21-22-17(24)15(27-18(22)26)9-11-3-1-2-4-14(11)20/h1-9H,10H2,(H,21,23)/b15-9+. The topological polar surface area (TPSA) is 58.6 Å². The van der Waals surface area contributed by atoms with Crippen LogP contribution in [0.15, 0.2) is 53.4 Å². The van der Waals surface area contributed by atoms with E-state index in [1.54, 1.807) is 48.5 Å². The van der Waals surface area contributed by atoms with Crippen LogP contribution in [0.2, 0.25) is 10.0 Å². The number of benzene rings is 2. The van der Waals surface area contributed by atoms with Crippen LogP contribution in [0, 0.1) is 0 Å². The molecule has 1 aliphatic rings. The van der Waals surface area contributed by atoms with Gasteiger partial charge in [-0.25, -0.2) is 0 Å². The van der Waals surface area contributed by atoms with Gasteiger partial charge in [0.25, 0.3) is 11.8 Å².